The zero-order chi connectivity index (χ0) is 17.6. The number of carbonyl (C=O) groups is 1. The Morgan fingerprint density at radius 3 is 2.80 bits per heavy atom. The van der Waals surface area contributed by atoms with E-state index in [9.17, 15) is 4.79 Å². The molecule has 0 aliphatic heterocycles. The van der Waals surface area contributed by atoms with Crippen molar-refractivity contribution in [3.8, 4) is 0 Å². The summed E-state index contributed by atoms with van der Waals surface area (Å²) in [4.78, 5) is 16.2. The molecule has 1 amide bonds. The number of aromatic nitrogens is 1. The molecule has 0 bridgehead atoms. The molecule has 126 valence electrons. The third-order valence-corrected chi connectivity index (χ3v) is 4.13. The molecule has 2 aromatic carbocycles. The van der Waals surface area contributed by atoms with E-state index in [1.165, 1.54) is 6.21 Å². The molecule has 0 fully saturated rings. The normalized spacial score (nSPS) is 11.1. The minimum Gasteiger partial charge on any atom is -0.273 e. The van der Waals surface area contributed by atoms with E-state index in [0.29, 0.717) is 23.6 Å². The van der Waals surface area contributed by atoms with E-state index in [1.807, 2.05) is 61.5 Å². The second kappa shape index (κ2) is 7.90. The zero-order valence-corrected chi connectivity index (χ0v) is 14.6. The zero-order valence-electron chi connectivity index (χ0n) is 13.9. The van der Waals surface area contributed by atoms with E-state index in [0.717, 1.165) is 22.0 Å². The van der Waals surface area contributed by atoms with Crippen LogP contribution >= 0.6 is 11.6 Å². The van der Waals surface area contributed by atoms with Crippen LogP contribution in [0.15, 0.2) is 59.7 Å². The van der Waals surface area contributed by atoms with Crippen LogP contribution in [-0.4, -0.2) is 17.1 Å². The fourth-order valence-electron chi connectivity index (χ4n) is 2.49. The Morgan fingerprint density at radius 1 is 1.20 bits per heavy atom. The van der Waals surface area contributed by atoms with Crippen LogP contribution in [0.1, 0.15) is 23.1 Å². The number of halogens is 1. The third-order valence-electron chi connectivity index (χ3n) is 3.83. The van der Waals surface area contributed by atoms with Crippen LogP contribution in [0, 0.1) is 6.92 Å². The first-order valence-corrected chi connectivity index (χ1v) is 8.42. The standard InChI is InChI=1S/C20H18ClN3O/c1-14-7-9-16-12-17(20(21)23-18(16)11-14)13-22-24-19(25)10-8-15-5-3-2-4-6-15/h2-7,9,11-13H,8,10H2,1H3,(H,24,25)/b22-13-. The van der Waals surface area contributed by atoms with Gasteiger partial charge >= 0.3 is 0 Å². The maximum atomic E-state index is 11.9. The lowest BCUT2D eigenvalue weighted by Crippen LogP contribution is -2.17. The summed E-state index contributed by atoms with van der Waals surface area (Å²) in [6.07, 6.45) is 2.58. The van der Waals surface area contributed by atoms with Gasteiger partial charge in [0.2, 0.25) is 5.91 Å². The fourth-order valence-corrected chi connectivity index (χ4v) is 2.69. The molecule has 3 aromatic rings. The molecule has 0 saturated carbocycles. The maximum absolute atomic E-state index is 11.9. The Hall–Kier alpha value is -2.72. The molecule has 1 N–H and O–H groups in total. The molecule has 4 nitrogen and oxygen atoms in total. The molecule has 0 spiro atoms. The first-order valence-electron chi connectivity index (χ1n) is 8.04. The van der Waals surface area contributed by atoms with E-state index < -0.39 is 0 Å². The highest BCUT2D eigenvalue weighted by Gasteiger charge is 2.04. The highest BCUT2D eigenvalue weighted by molar-refractivity contribution is 6.32. The van der Waals surface area contributed by atoms with Crippen LogP contribution in [0.25, 0.3) is 10.9 Å². The third kappa shape index (κ3) is 4.64. The Balaban J connectivity index is 1.61. The lowest BCUT2D eigenvalue weighted by molar-refractivity contribution is -0.121. The van der Waals surface area contributed by atoms with Gasteiger partial charge in [-0.25, -0.2) is 10.4 Å². The van der Waals surface area contributed by atoms with Crippen LogP contribution in [0.2, 0.25) is 5.15 Å². The van der Waals surface area contributed by atoms with Gasteiger partial charge in [-0.1, -0.05) is 54.1 Å². The van der Waals surface area contributed by atoms with Crippen molar-refractivity contribution < 1.29 is 4.79 Å². The van der Waals surface area contributed by atoms with Gasteiger partial charge in [0.15, 0.2) is 0 Å². The largest absolute Gasteiger partial charge is 0.273 e. The van der Waals surface area contributed by atoms with Gasteiger partial charge in [-0.2, -0.15) is 5.10 Å². The van der Waals surface area contributed by atoms with Crippen molar-refractivity contribution in [1.82, 2.24) is 10.4 Å². The average Bonchev–Trinajstić information content (AvgIpc) is 2.61. The maximum Gasteiger partial charge on any atom is 0.240 e. The predicted molar refractivity (Wildman–Crippen MR) is 102 cm³/mol. The molecular formula is C20H18ClN3O. The van der Waals surface area contributed by atoms with Crippen LogP contribution < -0.4 is 5.43 Å². The Kier molecular flexibility index (Phi) is 5.41. The minimum atomic E-state index is -0.138. The summed E-state index contributed by atoms with van der Waals surface area (Å²) in [7, 11) is 0. The SMILES string of the molecule is Cc1ccc2cc(/C=N\NC(=O)CCc3ccccc3)c(Cl)nc2c1. The predicted octanol–water partition coefficient (Wildman–Crippen LogP) is 4.28. The van der Waals surface area contributed by atoms with Crippen molar-refractivity contribution in [1.29, 1.82) is 0 Å². The second-order valence-corrected chi connectivity index (χ2v) is 6.20. The number of hydrogen-bond acceptors (Lipinski definition) is 3. The van der Waals surface area contributed by atoms with Crippen molar-refractivity contribution in [2.45, 2.75) is 19.8 Å². The molecule has 0 aliphatic rings. The molecule has 0 unspecified atom stereocenters. The summed E-state index contributed by atoms with van der Waals surface area (Å²) in [5.74, 6) is -0.138. The molecule has 0 aliphatic carbocycles. The van der Waals surface area contributed by atoms with Gasteiger partial charge in [-0.05, 0) is 36.6 Å². The summed E-state index contributed by atoms with van der Waals surface area (Å²) in [5, 5.41) is 5.33. The first-order chi connectivity index (χ1) is 12.1. The van der Waals surface area contributed by atoms with Crippen molar-refractivity contribution in [3.05, 3.63) is 76.4 Å². The van der Waals surface area contributed by atoms with Gasteiger partial charge in [0, 0.05) is 17.4 Å². The summed E-state index contributed by atoms with van der Waals surface area (Å²) < 4.78 is 0. The number of rotatable bonds is 5. The molecule has 0 atom stereocenters. The molecule has 1 aromatic heterocycles. The van der Waals surface area contributed by atoms with Crippen LogP contribution in [0.4, 0.5) is 0 Å². The van der Waals surface area contributed by atoms with Crippen LogP contribution in [0.3, 0.4) is 0 Å². The number of fused-ring (bicyclic) bond motifs is 1. The van der Waals surface area contributed by atoms with Gasteiger partial charge in [-0.15, -0.1) is 0 Å². The molecule has 25 heavy (non-hydrogen) atoms. The molecule has 0 saturated heterocycles. The summed E-state index contributed by atoms with van der Waals surface area (Å²) >= 11 is 6.20. The van der Waals surface area contributed by atoms with Gasteiger partial charge in [0.25, 0.3) is 0 Å². The van der Waals surface area contributed by atoms with E-state index >= 15 is 0 Å². The lowest BCUT2D eigenvalue weighted by Gasteiger charge is -2.03. The van der Waals surface area contributed by atoms with Crippen molar-refractivity contribution in [2.24, 2.45) is 5.10 Å². The summed E-state index contributed by atoms with van der Waals surface area (Å²) in [6, 6.07) is 17.8. The number of amides is 1. The number of hydrazone groups is 1. The number of pyridine rings is 1. The van der Waals surface area contributed by atoms with Gasteiger partial charge in [0.05, 0.1) is 11.7 Å². The molecule has 5 heteroatoms. The van der Waals surface area contributed by atoms with E-state index in [1.54, 1.807) is 0 Å². The topological polar surface area (TPSA) is 54.4 Å². The van der Waals surface area contributed by atoms with Gasteiger partial charge in [0.1, 0.15) is 5.15 Å². The highest BCUT2D eigenvalue weighted by atomic mass is 35.5. The fraction of sp³-hybridized carbons (Fsp3) is 0.150. The quantitative estimate of drug-likeness (QED) is 0.424. The van der Waals surface area contributed by atoms with E-state index in [-0.39, 0.29) is 5.91 Å². The second-order valence-electron chi connectivity index (χ2n) is 5.84. The van der Waals surface area contributed by atoms with Crippen molar-refractivity contribution in [2.75, 3.05) is 0 Å². The molecule has 3 rings (SSSR count). The molecule has 1 heterocycles. The first kappa shape index (κ1) is 17.1. The van der Waals surface area contributed by atoms with Crippen molar-refractivity contribution in [3.63, 3.8) is 0 Å². The van der Waals surface area contributed by atoms with E-state index in [2.05, 4.69) is 15.5 Å². The molecule has 0 radical (unpaired) electrons. The highest BCUT2D eigenvalue weighted by Crippen LogP contribution is 2.20. The summed E-state index contributed by atoms with van der Waals surface area (Å²) in [6.45, 7) is 2.01. The lowest BCUT2D eigenvalue weighted by atomic mass is 10.1. The van der Waals surface area contributed by atoms with Crippen LogP contribution in [0.5, 0.6) is 0 Å². The average molecular weight is 352 g/mol. The Labute approximate surface area is 151 Å². The number of aryl methyl sites for hydroxylation is 2. The number of nitrogens with one attached hydrogen (secondary N) is 1. The number of hydrogen-bond donors (Lipinski definition) is 1. The van der Waals surface area contributed by atoms with E-state index in [4.69, 9.17) is 11.6 Å². The Bertz CT molecular complexity index is 923. The Morgan fingerprint density at radius 2 is 2.00 bits per heavy atom. The monoisotopic (exact) mass is 351 g/mol. The van der Waals surface area contributed by atoms with Crippen LogP contribution in [-0.2, 0) is 11.2 Å². The van der Waals surface area contributed by atoms with Crippen molar-refractivity contribution >= 4 is 34.6 Å². The number of nitrogens with zero attached hydrogens (tertiary/aromatic N) is 2. The van der Waals surface area contributed by atoms with Gasteiger partial charge in [-0.3, -0.25) is 4.79 Å². The minimum absolute atomic E-state index is 0.138. The van der Waals surface area contributed by atoms with Gasteiger partial charge < -0.3 is 0 Å². The smallest absolute Gasteiger partial charge is 0.240 e. The molecular weight excluding hydrogens is 334 g/mol. The summed E-state index contributed by atoms with van der Waals surface area (Å²) in [5.41, 5.74) is 6.29. The number of carbonyl (C=O) groups excluding carboxylic acids is 1. The number of benzene rings is 2.